The minimum Gasteiger partial charge on any atom is -0.497 e. The maximum atomic E-state index is 11.6. The second kappa shape index (κ2) is 4.23. The van der Waals surface area contributed by atoms with Crippen molar-refractivity contribution in [2.75, 3.05) is 7.11 Å². The number of aromatic nitrogens is 1. The van der Waals surface area contributed by atoms with Crippen molar-refractivity contribution >= 4 is 16.9 Å². The van der Waals surface area contributed by atoms with Crippen LogP contribution >= 0.6 is 0 Å². The van der Waals surface area contributed by atoms with Gasteiger partial charge < -0.3 is 9.84 Å². The first-order valence-corrected chi connectivity index (χ1v) is 6.33. The van der Waals surface area contributed by atoms with Gasteiger partial charge in [-0.3, -0.25) is 4.98 Å². The lowest BCUT2D eigenvalue weighted by molar-refractivity contribution is 0.0698. The molecule has 4 nitrogen and oxygen atoms in total. The van der Waals surface area contributed by atoms with Crippen molar-refractivity contribution in [1.82, 2.24) is 4.98 Å². The number of ether oxygens (including phenoxy) is 1. The van der Waals surface area contributed by atoms with Gasteiger partial charge in [0.25, 0.3) is 0 Å². The molecule has 2 aromatic rings. The van der Waals surface area contributed by atoms with Gasteiger partial charge in [-0.1, -0.05) is 0 Å². The van der Waals surface area contributed by atoms with Crippen LogP contribution in [0, 0.1) is 6.92 Å². The van der Waals surface area contributed by atoms with Gasteiger partial charge in [0.15, 0.2) is 0 Å². The minimum atomic E-state index is -0.903. The van der Waals surface area contributed by atoms with E-state index in [2.05, 4.69) is 4.98 Å². The van der Waals surface area contributed by atoms with Gasteiger partial charge >= 0.3 is 5.97 Å². The third-order valence-electron chi connectivity index (χ3n) is 3.65. The van der Waals surface area contributed by atoms with Crippen molar-refractivity contribution in [1.29, 1.82) is 0 Å². The summed E-state index contributed by atoms with van der Waals surface area (Å²) in [6, 6.07) is 5.38. The molecule has 1 fully saturated rings. The lowest BCUT2D eigenvalue weighted by Gasteiger charge is -2.12. The second-order valence-electron chi connectivity index (χ2n) is 4.96. The molecule has 1 heterocycles. The zero-order valence-electron chi connectivity index (χ0n) is 10.9. The van der Waals surface area contributed by atoms with Crippen LogP contribution in [0.25, 0.3) is 10.9 Å². The zero-order chi connectivity index (χ0) is 13.6. The Kier molecular flexibility index (Phi) is 2.66. The fraction of sp³-hybridized carbons (Fsp3) is 0.333. The number of aromatic carboxylic acids is 1. The summed E-state index contributed by atoms with van der Waals surface area (Å²) in [6.45, 7) is 1.85. The molecule has 3 rings (SSSR count). The SMILES string of the molecule is COc1ccc2nc(C3CC3)c(C)c(C(=O)O)c2c1. The van der Waals surface area contributed by atoms with Gasteiger partial charge in [-0.15, -0.1) is 0 Å². The predicted octanol–water partition coefficient (Wildman–Crippen LogP) is 3.13. The summed E-state index contributed by atoms with van der Waals surface area (Å²) in [5, 5.41) is 10.1. The van der Waals surface area contributed by atoms with E-state index < -0.39 is 5.97 Å². The zero-order valence-corrected chi connectivity index (χ0v) is 10.9. The lowest BCUT2D eigenvalue weighted by Crippen LogP contribution is -2.06. The Balaban J connectivity index is 2.34. The lowest BCUT2D eigenvalue weighted by atomic mass is 9.99. The number of carbonyl (C=O) groups is 1. The van der Waals surface area contributed by atoms with E-state index in [1.165, 1.54) is 0 Å². The van der Waals surface area contributed by atoms with Gasteiger partial charge in [0.05, 0.1) is 18.2 Å². The van der Waals surface area contributed by atoms with Gasteiger partial charge in [-0.05, 0) is 43.5 Å². The third-order valence-corrected chi connectivity index (χ3v) is 3.65. The summed E-state index contributed by atoms with van der Waals surface area (Å²) in [6.07, 6.45) is 2.21. The minimum absolute atomic E-state index is 0.353. The van der Waals surface area contributed by atoms with E-state index in [1.807, 2.05) is 19.1 Å². The van der Waals surface area contributed by atoms with E-state index in [-0.39, 0.29) is 0 Å². The number of carboxylic acids is 1. The Morgan fingerprint density at radius 3 is 2.74 bits per heavy atom. The summed E-state index contributed by atoms with van der Waals surface area (Å²) in [7, 11) is 1.57. The molecule has 1 aliphatic rings. The van der Waals surface area contributed by atoms with Crippen molar-refractivity contribution < 1.29 is 14.6 Å². The number of benzene rings is 1. The van der Waals surface area contributed by atoms with Crippen LogP contribution in [0.5, 0.6) is 5.75 Å². The Hall–Kier alpha value is -2.10. The first-order valence-electron chi connectivity index (χ1n) is 6.33. The van der Waals surface area contributed by atoms with E-state index in [1.54, 1.807) is 13.2 Å². The molecule has 19 heavy (non-hydrogen) atoms. The molecule has 1 aromatic carbocycles. The third kappa shape index (κ3) is 1.93. The smallest absolute Gasteiger partial charge is 0.336 e. The fourth-order valence-electron chi connectivity index (χ4n) is 2.51. The molecule has 1 aromatic heterocycles. The molecule has 4 heteroatoms. The molecule has 0 spiro atoms. The van der Waals surface area contributed by atoms with Crippen LogP contribution in [0.1, 0.15) is 40.4 Å². The summed E-state index contributed by atoms with van der Waals surface area (Å²) < 4.78 is 5.17. The largest absolute Gasteiger partial charge is 0.497 e. The van der Waals surface area contributed by atoms with Crippen molar-refractivity contribution in [2.24, 2.45) is 0 Å². The second-order valence-corrected chi connectivity index (χ2v) is 4.96. The van der Waals surface area contributed by atoms with E-state index in [9.17, 15) is 9.90 Å². The van der Waals surface area contributed by atoms with Crippen molar-refractivity contribution in [3.63, 3.8) is 0 Å². The van der Waals surface area contributed by atoms with E-state index in [0.717, 1.165) is 29.6 Å². The van der Waals surface area contributed by atoms with Gasteiger partial charge in [-0.25, -0.2) is 4.79 Å². The predicted molar refractivity (Wildman–Crippen MR) is 72.0 cm³/mol. The number of hydrogen-bond acceptors (Lipinski definition) is 3. The van der Waals surface area contributed by atoms with E-state index in [0.29, 0.717) is 22.6 Å². The maximum Gasteiger partial charge on any atom is 0.336 e. The molecule has 0 unspecified atom stereocenters. The number of nitrogens with zero attached hydrogens (tertiary/aromatic N) is 1. The molecule has 1 aliphatic carbocycles. The van der Waals surface area contributed by atoms with Gasteiger partial charge in [-0.2, -0.15) is 0 Å². The topological polar surface area (TPSA) is 59.4 Å². The first-order chi connectivity index (χ1) is 9.11. The highest BCUT2D eigenvalue weighted by atomic mass is 16.5. The molecule has 0 atom stereocenters. The van der Waals surface area contributed by atoms with E-state index >= 15 is 0 Å². The van der Waals surface area contributed by atoms with E-state index in [4.69, 9.17) is 4.74 Å². The van der Waals surface area contributed by atoms with Crippen LogP contribution < -0.4 is 4.74 Å². The average molecular weight is 257 g/mol. The number of rotatable bonds is 3. The number of hydrogen-bond donors (Lipinski definition) is 1. The normalized spacial score (nSPS) is 14.6. The molecule has 0 bridgehead atoms. The van der Waals surface area contributed by atoms with Crippen LogP contribution in [-0.2, 0) is 0 Å². The summed E-state index contributed by atoms with van der Waals surface area (Å²) in [4.78, 5) is 16.2. The van der Waals surface area contributed by atoms with Crippen LogP contribution in [0.3, 0.4) is 0 Å². The molecular weight excluding hydrogens is 242 g/mol. The summed E-state index contributed by atoms with van der Waals surface area (Å²) in [5.41, 5.74) is 2.81. The number of pyridine rings is 1. The number of carboxylic acid groups (broad SMARTS) is 1. The Morgan fingerprint density at radius 2 is 2.16 bits per heavy atom. The quantitative estimate of drug-likeness (QED) is 0.917. The summed E-state index contributed by atoms with van der Waals surface area (Å²) >= 11 is 0. The summed E-state index contributed by atoms with van der Waals surface area (Å²) in [5.74, 6) is 0.181. The van der Waals surface area contributed by atoms with Crippen LogP contribution in [0.4, 0.5) is 0 Å². The Bertz CT molecular complexity index is 675. The van der Waals surface area contributed by atoms with Crippen molar-refractivity contribution in [3.8, 4) is 5.75 Å². The van der Waals surface area contributed by atoms with Crippen molar-refractivity contribution in [3.05, 3.63) is 35.0 Å². The number of fused-ring (bicyclic) bond motifs is 1. The molecule has 0 amide bonds. The van der Waals surface area contributed by atoms with Crippen molar-refractivity contribution in [2.45, 2.75) is 25.7 Å². The molecule has 1 saturated carbocycles. The average Bonchev–Trinajstić information content (AvgIpc) is 3.21. The molecule has 0 radical (unpaired) electrons. The van der Waals surface area contributed by atoms with Gasteiger partial charge in [0.2, 0.25) is 0 Å². The fourth-order valence-corrected chi connectivity index (χ4v) is 2.51. The number of methoxy groups -OCH3 is 1. The Morgan fingerprint density at radius 1 is 1.42 bits per heavy atom. The van der Waals surface area contributed by atoms with Crippen LogP contribution in [-0.4, -0.2) is 23.2 Å². The molecular formula is C15H15NO3. The maximum absolute atomic E-state index is 11.6. The molecule has 98 valence electrons. The monoisotopic (exact) mass is 257 g/mol. The standard InChI is InChI=1S/C15H15NO3/c1-8-13(15(17)18)11-7-10(19-2)5-6-12(11)16-14(8)9-3-4-9/h5-7,9H,3-4H2,1-2H3,(H,17,18). The highest BCUT2D eigenvalue weighted by Crippen LogP contribution is 2.42. The van der Waals surface area contributed by atoms with Crippen LogP contribution in [0.2, 0.25) is 0 Å². The van der Waals surface area contributed by atoms with Gasteiger partial charge in [0.1, 0.15) is 5.75 Å². The molecule has 0 aliphatic heterocycles. The van der Waals surface area contributed by atoms with Gasteiger partial charge in [0, 0.05) is 17.0 Å². The highest BCUT2D eigenvalue weighted by Gasteiger charge is 2.29. The Labute approximate surface area is 111 Å². The molecule has 1 N–H and O–H groups in total. The first kappa shape index (κ1) is 12.0. The highest BCUT2D eigenvalue weighted by molar-refractivity contribution is 6.04. The van der Waals surface area contributed by atoms with Crippen LogP contribution in [0.15, 0.2) is 18.2 Å². The molecule has 0 saturated heterocycles.